The van der Waals surface area contributed by atoms with Gasteiger partial charge in [-0.2, -0.15) is 0 Å². The van der Waals surface area contributed by atoms with Crippen molar-refractivity contribution in [3.63, 3.8) is 0 Å². The average molecular weight is 900 g/mol. The monoisotopic (exact) mass is 900 g/mol. The Morgan fingerprint density at radius 3 is 1.34 bits per heavy atom. The van der Waals surface area contributed by atoms with Crippen molar-refractivity contribution in [2.75, 3.05) is 26.4 Å². The topological polar surface area (TPSA) is 307 Å². The maximum Gasteiger partial charge on any atom is 0.220 e. The van der Waals surface area contributed by atoms with Crippen LogP contribution in [0, 0.1) is 0 Å². The van der Waals surface area contributed by atoms with Crippen molar-refractivity contribution in [3.8, 4) is 0 Å². The highest BCUT2D eigenvalue weighted by atomic mass is 16.8. The van der Waals surface area contributed by atoms with Crippen LogP contribution in [-0.4, -0.2) is 193 Å². The van der Waals surface area contributed by atoms with Crippen molar-refractivity contribution in [1.82, 2.24) is 5.32 Å². The molecule has 1 amide bonds. The first-order valence-electron chi connectivity index (χ1n) is 23.3. The number of hydrogen-bond acceptors (Lipinski definition) is 18. The Bertz CT molecular complexity index is 1170. The van der Waals surface area contributed by atoms with Crippen LogP contribution in [0.15, 0.2) is 0 Å². The Hall–Kier alpha value is -1.21. The predicted molar refractivity (Wildman–Crippen MR) is 222 cm³/mol. The molecule has 12 N–H and O–H groups in total. The van der Waals surface area contributed by atoms with Gasteiger partial charge in [-0.1, -0.05) is 123 Å². The SMILES string of the molecule is CCCCCCCCCCCCCCCCCCCC(O)C(COC1OC(CO)C(OC2OC(CO)C(OC3OC(CO)C(O)C(O)C3O)C(O)C2O)C(O)C1O)NC(=O)CC. The molecule has 0 aliphatic carbocycles. The van der Waals surface area contributed by atoms with Gasteiger partial charge in [-0.15, -0.1) is 0 Å². The molecule has 0 aromatic carbocycles. The molecule has 19 heteroatoms. The molecule has 17 atom stereocenters. The molecule has 0 aromatic heterocycles. The summed E-state index contributed by atoms with van der Waals surface area (Å²) >= 11 is 0. The Balaban J connectivity index is 1.44. The third-order valence-corrected chi connectivity index (χ3v) is 12.2. The number of amides is 1. The van der Waals surface area contributed by atoms with Gasteiger partial charge in [-0.25, -0.2) is 0 Å². The molecule has 0 aromatic rings. The van der Waals surface area contributed by atoms with E-state index in [1.165, 1.54) is 83.5 Å². The fourth-order valence-electron chi connectivity index (χ4n) is 8.22. The van der Waals surface area contributed by atoms with Crippen LogP contribution in [-0.2, 0) is 33.2 Å². The van der Waals surface area contributed by atoms with Crippen molar-refractivity contribution in [2.45, 2.75) is 240 Å². The Morgan fingerprint density at radius 1 is 0.516 bits per heavy atom. The number of carbonyl (C=O) groups is 1. The molecule has 3 aliphatic rings. The molecule has 17 unspecified atom stereocenters. The number of hydrogen-bond donors (Lipinski definition) is 12. The average Bonchev–Trinajstić information content (AvgIpc) is 3.27. The van der Waals surface area contributed by atoms with Crippen molar-refractivity contribution >= 4 is 5.91 Å². The number of carbonyl (C=O) groups excluding carboxylic acids is 1. The lowest BCUT2D eigenvalue weighted by atomic mass is 9.96. The van der Waals surface area contributed by atoms with Gasteiger partial charge in [0, 0.05) is 6.42 Å². The first kappa shape index (κ1) is 55.1. The van der Waals surface area contributed by atoms with Crippen LogP contribution in [0.5, 0.6) is 0 Å². The quantitative estimate of drug-likeness (QED) is 0.0399. The molecule has 62 heavy (non-hydrogen) atoms. The molecule has 19 nitrogen and oxygen atoms in total. The highest BCUT2D eigenvalue weighted by Crippen LogP contribution is 2.33. The number of rotatable bonds is 31. The minimum absolute atomic E-state index is 0.150. The molecular formula is C43H81NO18. The van der Waals surface area contributed by atoms with Gasteiger partial charge < -0.3 is 89.9 Å². The molecule has 366 valence electrons. The third kappa shape index (κ3) is 17.2. The zero-order valence-corrected chi connectivity index (χ0v) is 36.9. The van der Waals surface area contributed by atoms with E-state index in [9.17, 15) is 61.0 Å². The zero-order chi connectivity index (χ0) is 45.6. The van der Waals surface area contributed by atoms with E-state index in [1.807, 2.05) is 0 Å². The highest BCUT2D eigenvalue weighted by Gasteiger charge is 2.53. The molecule has 3 aliphatic heterocycles. The molecule has 3 heterocycles. The van der Waals surface area contributed by atoms with Gasteiger partial charge >= 0.3 is 0 Å². The summed E-state index contributed by atoms with van der Waals surface area (Å²) in [7, 11) is 0. The maximum atomic E-state index is 12.4. The summed E-state index contributed by atoms with van der Waals surface area (Å²) in [5, 5.41) is 118. The second-order valence-corrected chi connectivity index (χ2v) is 17.2. The minimum Gasteiger partial charge on any atom is -0.394 e. The standard InChI is InChI=1S/C43H81NO18/c1-3-5-6-7-8-9-10-11-12-13-14-15-16-17-18-19-20-21-27(48)26(44-31(49)4-2)25-57-41-37(55)34(52)39(29(23-46)59-41)62-43-38(56)35(53)40(30(24-47)60-43)61-42-36(54)33(51)32(50)28(22-45)58-42/h26-30,32-43,45-48,50-56H,3-25H2,1-2H3,(H,44,49). The van der Waals surface area contributed by atoms with Crippen LogP contribution < -0.4 is 5.32 Å². The van der Waals surface area contributed by atoms with E-state index in [-0.39, 0.29) is 18.9 Å². The van der Waals surface area contributed by atoms with Crippen LogP contribution in [0.2, 0.25) is 0 Å². The molecule has 0 spiro atoms. The Labute approximate surface area is 366 Å². The summed E-state index contributed by atoms with van der Waals surface area (Å²) in [5.74, 6) is -0.331. The van der Waals surface area contributed by atoms with Crippen LogP contribution in [0.1, 0.15) is 136 Å². The summed E-state index contributed by atoms with van der Waals surface area (Å²) < 4.78 is 33.7. The van der Waals surface area contributed by atoms with Gasteiger partial charge in [0.25, 0.3) is 0 Å². The van der Waals surface area contributed by atoms with Gasteiger partial charge in [0.1, 0.15) is 73.2 Å². The fraction of sp³-hybridized carbons (Fsp3) is 0.977. The van der Waals surface area contributed by atoms with Crippen LogP contribution in [0.25, 0.3) is 0 Å². The number of nitrogens with one attached hydrogen (secondary N) is 1. The highest BCUT2D eigenvalue weighted by molar-refractivity contribution is 5.75. The molecule has 3 rings (SSSR count). The van der Waals surface area contributed by atoms with Crippen molar-refractivity contribution in [2.24, 2.45) is 0 Å². The van der Waals surface area contributed by atoms with Crippen LogP contribution in [0.4, 0.5) is 0 Å². The second kappa shape index (κ2) is 30.1. The van der Waals surface area contributed by atoms with E-state index in [0.717, 1.165) is 25.7 Å². The van der Waals surface area contributed by atoms with E-state index in [2.05, 4.69) is 12.2 Å². The number of aliphatic hydroxyl groups excluding tert-OH is 11. The number of ether oxygens (including phenoxy) is 6. The van der Waals surface area contributed by atoms with E-state index in [0.29, 0.717) is 6.42 Å². The maximum absolute atomic E-state index is 12.4. The summed E-state index contributed by atoms with van der Waals surface area (Å²) in [5.41, 5.74) is 0. The van der Waals surface area contributed by atoms with Crippen molar-refractivity contribution in [3.05, 3.63) is 0 Å². The van der Waals surface area contributed by atoms with E-state index in [1.54, 1.807) is 6.92 Å². The molecule has 3 fully saturated rings. The van der Waals surface area contributed by atoms with E-state index in [4.69, 9.17) is 28.4 Å². The van der Waals surface area contributed by atoms with Gasteiger partial charge in [0.05, 0.1) is 38.6 Å². The first-order chi connectivity index (χ1) is 29.8. The lowest BCUT2D eigenvalue weighted by Gasteiger charge is -2.48. The first-order valence-corrected chi connectivity index (χ1v) is 23.3. The van der Waals surface area contributed by atoms with Crippen LogP contribution in [0.3, 0.4) is 0 Å². The lowest BCUT2D eigenvalue weighted by Crippen LogP contribution is -2.66. The summed E-state index contributed by atoms with van der Waals surface area (Å²) in [6.07, 6.45) is -5.01. The molecule has 3 saturated heterocycles. The smallest absolute Gasteiger partial charge is 0.220 e. The summed E-state index contributed by atoms with van der Waals surface area (Å²) in [6, 6.07) is -0.876. The molecule has 0 bridgehead atoms. The molecular weight excluding hydrogens is 818 g/mol. The molecule has 0 saturated carbocycles. The third-order valence-electron chi connectivity index (χ3n) is 12.2. The lowest BCUT2D eigenvalue weighted by molar-refractivity contribution is -0.379. The Kier molecular flexibility index (Phi) is 26.8. The van der Waals surface area contributed by atoms with Gasteiger partial charge in [0.2, 0.25) is 5.91 Å². The normalized spacial score (nSPS) is 35.1. The zero-order valence-electron chi connectivity index (χ0n) is 36.9. The van der Waals surface area contributed by atoms with Crippen molar-refractivity contribution < 1.29 is 89.4 Å². The van der Waals surface area contributed by atoms with Gasteiger partial charge in [-0.05, 0) is 6.42 Å². The minimum atomic E-state index is -1.96. The van der Waals surface area contributed by atoms with Crippen molar-refractivity contribution in [1.29, 1.82) is 0 Å². The predicted octanol–water partition coefficient (Wildman–Crippen LogP) is -0.251. The summed E-state index contributed by atoms with van der Waals surface area (Å²) in [4.78, 5) is 12.4. The van der Waals surface area contributed by atoms with Gasteiger partial charge in [-0.3, -0.25) is 4.79 Å². The number of unbranched alkanes of at least 4 members (excludes halogenated alkanes) is 16. The van der Waals surface area contributed by atoms with E-state index < -0.39 is 124 Å². The van der Waals surface area contributed by atoms with Gasteiger partial charge in [0.15, 0.2) is 18.9 Å². The van der Waals surface area contributed by atoms with Crippen LogP contribution >= 0.6 is 0 Å². The fourth-order valence-corrected chi connectivity index (χ4v) is 8.22. The number of aliphatic hydroxyl groups is 11. The Morgan fingerprint density at radius 2 is 0.903 bits per heavy atom. The van der Waals surface area contributed by atoms with E-state index >= 15 is 0 Å². The largest absolute Gasteiger partial charge is 0.394 e. The molecule has 0 radical (unpaired) electrons. The summed E-state index contributed by atoms with van der Waals surface area (Å²) in [6.45, 7) is 1.20. The second-order valence-electron chi connectivity index (χ2n) is 17.2.